The number of rotatable bonds is 1. The van der Waals surface area contributed by atoms with Gasteiger partial charge in [-0.2, -0.15) is 0 Å². The summed E-state index contributed by atoms with van der Waals surface area (Å²) in [5, 5.41) is 0. The average molecular weight is 188 g/mol. The van der Waals surface area contributed by atoms with E-state index in [1.807, 2.05) is 23.8 Å². The first kappa shape index (κ1) is 8.62. The molecule has 0 aliphatic rings. The molecule has 0 unspecified atom stereocenters. The SMILES string of the molecule is Cc1c(-n2ccnc2)ccc(N)c1N. The summed E-state index contributed by atoms with van der Waals surface area (Å²) >= 11 is 0. The monoisotopic (exact) mass is 188 g/mol. The topological polar surface area (TPSA) is 69.9 Å². The Morgan fingerprint density at radius 1 is 1.29 bits per heavy atom. The van der Waals surface area contributed by atoms with Crippen molar-refractivity contribution in [2.45, 2.75) is 6.92 Å². The molecule has 0 radical (unpaired) electrons. The third kappa shape index (κ3) is 1.21. The maximum Gasteiger partial charge on any atom is 0.0991 e. The van der Waals surface area contributed by atoms with Crippen molar-refractivity contribution in [3.8, 4) is 5.69 Å². The van der Waals surface area contributed by atoms with Gasteiger partial charge >= 0.3 is 0 Å². The number of hydrogen-bond acceptors (Lipinski definition) is 3. The van der Waals surface area contributed by atoms with Crippen LogP contribution in [0.15, 0.2) is 30.9 Å². The molecule has 1 aromatic heterocycles. The molecule has 0 fully saturated rings. The molecule has 0 spiro atoms. The second-order valence-corrected chi connectivity index (χ2v) is 3.18. The Balaban J connectivity index is 2.61. The van der Waals surface area contributed by atoms with Gasteiger partial charge in [-0.15, -0.1) is 0 Å². The van der Waals surface area contributed by atoms with Crippen LogP contribution in [0.4, 0.5) is 11.4 Å². The number of imidazole rings is 1. The molecule has 0 atom stereocenters. The van der Waals surface area contributed by atoms with Crippen LogP contribution in [-0.4, -0.2) is 9.55 Å². The number of nitrogens with two attached hydrogens (primary N) is 2. The van der Waals surface area contributed by atoms with Crippen molar-refractivity contribution in [3.05, 3.63) is 36.4 Å². The van der Waals surface area contributed by atoms with Gasteiger partial charge in [-0.1, -0.05) is 0 Å². The molecule has 0 aliphatic heterocycles. The van der Waals surface area contributed by atoms with Crippen molar-refractivity contribution >= 4 is 11.4 Å². The molecule has 72 valence electrons. The van der Waals surface area contributed by atoms with Gasteiger partial charge in [0.05, 0.1) is 23.4 Å². The van der Waals surface area contributed by atoms with Gasteiger partial charge in [-0.3, -0.25) is 0 Å². The van der Waals surface area contributed by atoms with Crippen LogP contribution in [0.5, 0.6) is 0 Å². The maximum absolute atomic E-state index is 5.83. The Kier molecular flexibility index (Phi) is 1.89. The average Bonchev–Trinajstić information content (AvgIpc) is 2.67. The lowest BCUT2D eigenvalue weighted by molar-refractivity contribution is 1.04. The number of anilines is 2. The second kappa shape index (κ2) is 3.06. The molecule has 0 amide bonds. The van der Waals surface area contributed by atoms with Gasteiger partial charge in [0.25, 0.3) is 0 Å². The largest absolute Gasteiger partial charge is 0.397 e. The Bertz CT molecular complexity index is 445. The van der Waals surface area contributed by atoms with Gasteiger partial charge in [0.15, 0.2) is 0 Å². The fourth-order valence-corrected chi connectivity index (χ4v) is 1.42. The zero-order valence-corrected chi connectivity index (χ0v) is 7.94. The molecule has 4 nitrogen and oxygen atoms in total. The minimum atomic E-state index is 0.617. The zero-order valence-electron chi connectivity index (χ0n) is 7.94. The quantitative estimate of drug-likeness (QED) is 0.663. The lowest BCUT2D eigenvalue weighted by Gasteiger charge is -2.10. The summed E-state index contributed by atoms with van der Waals surface area (Å²) in [5.74, 6) is 0. The first-order valence-corrected chi connectivity index (χ1v) is 4.33. The number of nitrogens with zero attached hydrogens (tertiary/aromatic N) is 2. The van der Waals surface area contributed by atoms with E-state index in [0.717, 1.165) is 11.3 Å². The lowest BCUT2D eigenvalue weighted by Crippen LogP contribution is -2.02. The van der Waals surface area contributed by atoms with Crippen LogP contribution < -0.4 is 11.5 Å². The van der Waals surface area contributed by atoms with Crippen molar-refractivity contribution in [1.82, 2.24) is 9.55 Å². The summed E-state index contributed by atoms with van der Waals surface area (Å²) in [7, 11) is 0. The van der Waals surface area contributed by atoms with Gasteiger partial charge in [0.2, 0.25) is 0 Å². The van der Waals surface area contributed by atoms with E-state index in [1.54, 1.807) is 18.6 Å². The normalized spacial score (nSPS) is 10.4. The van der Waals surface area contributed by atoms with Gasteiger partial charge in [0, 0.05) is 12.4 Å². The predicted molar refractivity (Wildman–Crippen MR) is 57.1 cm³/mol. The fraction of sp³-hybridized carbons (Fsp3) is 0.100. The lowest BCUT2D eigenvalue weighted by atomic mass is 10.1. The van der Waals surface area contributed by atoms with Crippen LogP contribution in [0.3, 0.4) is 0 Å². The first-order valence-electron chi connectivity index (χ1n) is 4.33. The van der Waals surface area contributed by atoms with E-state index >= 15 is 0 Å². The van der Waals surface area contributed by atoms with Crippen LogP contribution >= 0.6 is 0 Å². The summed E-state index contributed by atoms with van der Waals surface area (Å²) in [4.78, 5) is 3.98. The van der Waals surface area contributed by atoms with E-state index in [0.29, 0.717) is 11.4 Å². The van der Waals surface area contributed by atoms with Gasteiger partial charge in [0.1, 0.15) is 0 Å². The van der Waals surface area contributed by atoms with Gasteiger partial charge in [-0.05, 0) is 24.6 Å². The smallest absolute Gasteiger partial charge is 0.0991 e. The van der Waals surface area contributed by atoms with E-state index in [2.05, 4.69) is 4.98 Å². The van der Waals surface area contributed by atoms with E-state index < -0.39 is 0 Å². The molecular weight excluding hydrogens is 176 g/mol. The van der Waals surface area contributed by atoms with E-state index in [4.69, 9.17) is 11.5 Å². The van der Waals surface area contributed by atoms with Crippen molar-refractivity contribution < 1.29 is 0 Å². The molecule has 2 rings (SSSR count). The molecule has 1 heterocycles. The highest BCUT2D eigenvalue weighted by molar-refractivity contribution is 5.71. The number of benzene rings is 1. The molecule has 2 aromatic rings. The molecule has 1 aromatic carbocycles. The van der Waals surface area contributed by atoms with Crippen LogP contribution in [0.1, 0.15) is 5.56 Å². The van der Waals surface area contributed by atoms with Gasteiger partial charge in [-0.25, -0.2) is 4.98 Å². The molecule has 0 saturated carbocycles. The highest BCUT2D eigenvalue weighted by Crippen LogP contribution is 2.25. The minimum absolute atomic E-state index is 0.617. The second-order valence-electron chi connectivity index (χ2n) is 3.18. The van der Waals surface area contributed by atoms with Crippen LogP contribution in [-0.2, 0) is 0 Å². The van der Waals surface area contributed by atoms with Crippen molar-refractivity contribution in [3.63, 3.8) is 0 Å². The molecule has 0 aliphatic carbocycles. The Morgan fingerprint density at radius 2 is 2.07 bits per heavy atom. The fourth-order valence-electron chi connectivity index (χ4n) is 1.42. The third-order valence-corrected chi connectivity index (χ3v) is 2.30. The molecule has 0 bridgehead atoms. The standard InChI is InChI=1S/C10H12N4/c1-7-9(14-5-4-13-6-14)3-2-8(11)10(7)12/h2-6H,11-12H2,1H3. The van der Waals surface area contributed by atoms with Gasteiger partial charge < -0.3 is 16.0 Å². The molecule has 14 heavy (non-hydrogen) atoms. The Labute approximate surface area is 82.2 Å². The highest BCUT2D eigenvalue weighted by atomic mass is 15.0. The Morgan fingerprint density at radius 3 is 2.71 bits per heavy atom. The van der Waals surface area contributed by atoms with Crippen molar-refractivity contribution in [2.75, 3.05) is 11.5 Å². The van der Waals surface area contributed by atoms with E-state index in [9.17, 15) is 0 Å². The molecule has 4 heteroatoms. The summed E-state index contributed by atoms with van der Waals surface area (Å²) in [5.41, 5.74) is 14.8. The van der Waals surface area contributed by atoms with Crippen LogP contribution in [0.2, 0.25) is 0 Å². The highest BCUT2D eigenvalue weighted by Gasteiger charge is 2.05. The minimum Gasteiger partial charge on any atom is -0.397 e. The molecule has 0 saturated heterocycles. The summed E-state index contributed by atoms with van der Waals surface area (Å²) in [6.45, 7) is 1.95. The maximum atomic E-state index is 5.83. The first-order chi connectivity index (χ1) is 6.70. The Hall–Kier alpha value is -1.97. The third-order valence-electron chi connectivity index (χ3n) is 2.30. The summed E-state index contributed by atoms with van der Waals surface area (Å²) in [6, 6.07) is 3.74. The van der Waals surface area contributed by atoms with Crippen molar-refractivity contribution in [2.24, 2.45) is 0 Å². The number of aromatic nitrogens is 2. The van der Waals surface area contributed by atoms with E-state index in [-0.39, 0.29) is 0 Å². The van der Waals surface area contributed by atoms with Crippen LogP contribution in [0.25, 0.3) is 5.69 Å². The number of hydrogen-bond donors (Lipinski definition) is 2. The summed E-state index contributed by atoms with van der Waals surface area (Å²) in [6.07, 6.45) is 5.34. The number of nitrogen functional groups attached to an aromatic ring is 2. The van der Waals surface area contributed by atoms with Crippen molar-refractivity contribution in [1.29, 1.82) is 0 Å². The summed E-state index contributed by atoms with van der Waals surface area (Å²) < 4.78 is 1.91. The predicted octanol–water partition coefficient (Wildman–Crippen LogP) is 1.35. The zero-order chi connectivity index (χ0) is 10.1. The van der Waals surface area contributed by atoms with Crippen LogP contribution in [0, 0.1) is 6.92 Å². The molecular formula is C10H12N4. The molecule has 4 N–H and O–H groups in total. The van der Waals surface area contributed by atoms with E-state index in [1.165, 1.54) is 0 Å².